The number of carbonyl (C=O) groups is 3. The van der Waals surface area contributed by atoms with Crippen LogP contribution in [0.1, 0.15) is 26.3 Å². The Hall–Kier alpha value is -2.77. The molecule has 132 valence electrons. The number of amides is 3. The smallest absolute Gasteiger partial charge is 0.408 e. The van der Waals surface area contributed by atoms with Gasteiger partial charge in [0.1, 0.15) is 18.2 Å². The SMILES string of the molecule is CC(C)(C)OC(=O)N[C@@H](CNC(=O)OCc1ccccc1)C(N)=O. The topological polar surface area (TPSA) is 120 Å². The van der Waals surface area contributed by atoms with Crippen LogP contribution in [-0.2, 0) is 20.9 Å². The molecule has 4 N–H and O–H groups in total. The summed E-state index contributed by atoms with van der Waals surface area (Å²) in [7, 11) is 0. The Kier molecular flexibility index (Phi) is 7.03. The standard InChI is InChI=1S/C16H23N3O5/c1-16(2,3)24-15(22)19-12(13(17)20)9-18-14(21)23-10-11-7-5-4-6-8-11/h4-8,12H,9-10H2,1-3H3,(H2,17,20)(H,18,21)(H,19,22)/t12-/m0/s1. The minimum atomic E-state index is -1.11. The molecule has 0 aliphatic carbocycles. The highest BCUT2D eigenvalue weighted by molar-refractivity contribution is 5.85. The number of nitrogens with two attached hydrogens (primary N) is 1. The van der Waals surface area contributed by atoms with Crippen molar-refractivity contribution in [3.8, 4) is 0 Å². The summed E-state index contributed by atoms with van der Waals surface area (Å²) in [5.74, 6) is -0.802. The van der Waals surface area contributed by atoms with Gasteiger partial charge < -0.3 is 25.8 Å². The lowest BCUT2D eigenvalue weighted by molar-refractivity contribution is -0.119. The zero-order valence-corrected chi connectivity index (χ0v) is 14.0. The molecule has 0 fully saturated rings. The highest BCUT2D eigenvalue weighted by Crippen LogP contribution is 2.06. The van der Waals surface area contributed by atoms with Crippen LogP contribution in [-0.4, -0.2) is 36.3 Å². The van der Waals surface area contributed by atoms with Gasteiger partial charge in [0.05, 0.1) is 6.54 Å². The molecule has 0 radical (unpaired) electrons. The van der Waals surface area contributed by atoms with Crippen LogP contribution in [0.3, 0.4) is 0 Å². The molecule has 3 amide bonds. The second kappa shape index (κ2) is 8.76. The van der Waals surface area contributed by atoms with E-state index in [2.05, 4.69) is 10.6 Å². The predicted molar refractivity (Wildman–Crippen MR) is 87.0 cm³/mol. The molecule has 8 nitrogen and oxygen atoms in total. The molecule has 0 saturated carbocycles. The first-order chi connectivity index (χ1) is 11.2. The first kappa shape index (κ1) is 19.3. The molecular formula is C16H23N3O5. The van der Waals surface area contributed by atoms with Crippen molar-refractivity contribution in [2.24, 2.45) is 5.73 Å². The molecule has 0 unspecified atom stereocenters. The number of alkyl carbamates (subject to hydrolysis) is 2. The summed E-state index contributed by atoms with van der Waals surface area (Å²) in [6.45, 7) is 4.94. The van der Waals surface area contributed by atoms with Gasteiger partial charge in [-0.25, -0.2) is 9.59 Å². The van der Waals surface area contributed by atoms with E-state index in [1.807, 2.05) is 30.3 Å². The van der Waals surface area contributed by atoms with Gasteiger partial charge in [0, 0.05) is 0 Å². The van der Waals surface area contributed by atoms with Gasteiger partial charge in [-0.15, -0.1) is 0 Å². The summed E-state index contributed by atoms with van der Waals surface area (Å²) in [6, 6.07) is 8.01. The van der Waals surface area contributed by atoms with Crippen LogP contribution >= 0.6 is 0 Å². The molecule has 0 aromatic heterocycles. The Morgan fingerprint density at radius 3 is 2.29 bits per heavy atom. The molecule has 0 aliphatic rings. The lowest BCUT2D eigenvalue weighted by atomic mass is 10.2. The third-order valence-electron chi connectivity index (χ3n) is 2.70. The van der Waals surface area contributed by atoms with Crippen molar-refractivity contribution >= 4 is 18.1 Å². The van der Waals surface area contributed by atoms with E-state index in [1.165, 1.54) is 0 Å². The summed E-state index contributed by atoms with van der Waals surface area (Å²) < 4.78 is 10.0. The van der Waals surface area contributed by atoms with Crippen molar-refractivity contribution in [3.63, 3.8) is 0 Å². The Balaban J connectivity index is 2.41. The van der Waals surface area contributed by atoms with Crippen LogP contribution in [0.4, 0.5) is 9.59 Å². The summed E-state index contributed by atoms with van der Waals surface area (Å²) in [5, 5.41) is 4.67. The van der Waals surface area contributed by atoms with Crippen LogP contribution in [0.2, 0.25) is 0 Å². The van der Waals surface area contributed by atoms with Gasteiger partial charge >= 0.3 is 12.2 Å². The molecule has 8 heteroatoms. The van der Waals surface area contributed by atoms with Gasteiger partial charge in [0.15, 0.2) is 0 Å². The van der Waals surface area contributed by atoms with Crippen molar-refractivity contribution in [1.29, 1.82) is 0 Å². The van der Waals surface area contributed by atoms with Crippen LogP contribution in [0, 0.1) is 0 Å². The monoisotopic (exact) mass is 337 g/mol. The maximum absolute atomic E-state index is 11.6. The highest BCUT2D eigenvalue weighted by atomic mass is 16.6. The van der Waals surface area contributed by atoms with Crippen molar-refractivity contribution in [3.05, 3.63) is 35.9 Å². The van der Waals surface area contributed by atoms with Gasteiger partial charge in [0.25, 0.3) is 0 Å². The number of rotatable bonds is 6. The van der Waals surface area contributed by atoms with Crippen molar-refractivity contribution < 1.29 is 23.9 Å². The number of hydrogen-bond acceptors (Lipinski definition) is 5. The molecule has 24 heavy (non-hydrogen) atoms. The Bertz CT molecular complexity index is 569. The summed E-state index contributed by atoms with van der Waals surface area (Å²) in [5.41, 5.74) is 5.31. The van der Waals surface area contributed by atoms with E-state index < -0.39 is 29.7 Å². The number of benzene rings is 1. The molecule has 1 atom stereocenters. The first-order valence-corrected chi connectivity index (χ1v) is 7.41. The lowest BCUT2D eigenvalue weighted by Gasteiger charge is -2.22. The summed E-state index contributed by atoms with van der Waals surface area (Å²) in [6.07, 6.45) is -1.53. The average molecular weight is 337 g/mol. The van der Waals surface area contributed by atoms with E-state index in [4.69, 9.17) is 15.2 Å². The molecule has 1 aromatic carbocycles. The second-order valence-electron chi connectivity index (χ2n) is 6.04. The molecule has 0 spiro atoms. The average Bonchev–Trinajstić information content (AvgIpc) is 2.48. The molecule has 1 rings (SSSR count). The van der Waals surface area contributed by atoms with E-state index in [0.29, 0.717) is 0 Å². The fourth-order valence-electron chi connectivity index (χ4n) is 1.63. The zero-order chi connectivity index (χ0) is 18.2. The lowest BCUT2D eigenvalue weighted by Crippen LogP contribution is -2.52. The Morgan fingerprint density at radius 1 is 1.12 bits per heavy atom. The van der Waals surface area contributed by atoms with E-state index in [1.54, 1.807) is 20.8 Å². The van der Waals surface area contributed by atoms with Gasteiger partial charge in [0.2, 0.25) is 5.91 Å². The third-order valence-corrected chi connectivity index (χ3v) is 2.70. The van der Waals surface area contributed by atoms with E-state index >= 15 is 0 Å². The number of nitrogens with one attached hydrogen (secondary N) is 2. The fourth-order valence-corrected chi connectivity index (χ4v) is 1.63. The molecule has 0 bridgehead atoms. The molecule has 0 heterocycles. The van der Waals surface area contributed by atoms with E-state index in [9.17, 15) is 14.4 Å². The minimum Gasteiger partial charge on any atom is -0.445 e. The fraction of sp³-hybridized carbons (Fsp3) is 0.438. The predicted octanol–water partition coefficient (Wildman–Crippen LogP) is 1.29. The van der Waals surface area contributed by atoms with Crippen molar-refractivity contribution in [2.45, 2.75) is 39.0 Å². The normalized spacial score (nSPS) is 12.0. The van der Waals surface area contributed by atoms with Crippen molar-refractivity contribution in [2.75, 3.05) is 6.54 Å². The highest BCUT2D eigenvalue weighted by Gasteiger charge is 2.23. The Labute approximate surface area is 140 Å². The van der Waals surface area contributed by atoms with Crippen molar-refractivity contribution in [1.82, 2.24) is 10.6 Å². The summed E-state index contributed by atoms with van der Waals surface area (Å²) >= 11 is 0. The van der Waals surface area contributed by atoms with Gasteiger partial charge in [-0.2, -0.15) is 0 Å². The molecular weight excluding hydrogens is 314 g/mol. The largest absolute Gasteiger partial charge is 0.445 e. The molecule has 0 saturated heterocycles. The maximum atomic E-state index is 11.6. The Morgan fingerprint density at radius 2 is 1.75 bits per heavy atom. The van der Waals surface area contributed by atoms with Crippen LogP contribution in [0.5, 0.6) is 0 Å². The molecule has 1 aromatic rings. The number of ether oxygens (including phenoxy) is 2. The van der Waals surface area contributed by atoms with Gasteiger partial charge in [-0.05, 0) is 26.3 Å². The van der Waals surface area contributed by atoms with Crippen LogP contribution < -0.4 is 16.4 Å². The maximum Gasteiger partial charge on any atom is 0.408 e. The second-order valence-corrected chi connectivity index (χ2v) is 6.04. The third kappa shape index (κ3) is 8.02. The minimum absolute atomic E-state index is 0.0907. The first-order valence-electron chi connectivity index (χ1n) is 7.41. The van der Waals surface area contributed by atoms with Gasteiger partial charge in [-0.1, -0.05) is 30.3 Å². The van der Waals surface area contributed by atoms with Gasteiger partial charge in [-0.3, -0.25) is 4.79 Å². The van der Waals surface area contributed by atoms with Crippen LogP contribution in [0.15, 0.2) is 30.3 Å². The number of primary amides is 1. The number of carbonyl (C=O) groups excluding carboxylic acids is 3. The summed E-state index contributed by atoms with van der Waals surface area (Å²) in [4.78, 5) is 34.6. The zero-order valence-electron chi connectivity index (χ0n) is 14.0. The van der Waals surface area contributed by atoms with E-state index in [0.717, 1.165) is 5.56 Å². The number of hydrogen-bond donors (Lipinski definition) is 3. The van der Waals surface area contributed by atoms with E-state index in [-0.39, 0.29) is 13.2 Å². The quantitative estimate of drug-likeness (QED) is 0.722. The van der Waals surface area contributed by atoms with Crippen LogP contribution in [0.25, 0.3) is 0 Å². The molecule has 0 aliphatic heterocycles.